The molecule has 0 aliphatic carbocycles. The van der Waals surface area contributed by atoms with E-state index in [-0.39, 0.29) is 29.8 Å². The fraction of sp³-hybridized carbons (Fsp3) is 0.182. The number of ether oxygens (including phenoxy) is 1. The molecule has 1 aromatic heterocycles. The Morgan fingerprint density at radius 3 is 2.52 bits per heavy atom. The van der Waals surface area contributed by atoms with E-state index in [0.717, 1.165) is 24.5 Å². The molecule has 0 fully saturated rings. The van der Waals surface area contributed by atoms with Gasteiger partial charge in [0.05, 0.1) is 0 Å². The van der Waals surface area contributed by atoms with E-state index in [1.54, 1.807) is 31.4 Å². The minimum atomic E-state index is -0.343. The van der Waals surface area contributed by atoms with E-state index in [4.69, 9.17) is 4.74 Å². The number of aromatic nitrogens is 1. The molecule has 0 radical (unpaired) electrons. The Morgan fingerprint density at radius 1 is 1.00 bits per heavy atom. The predicted octanol–water partition coefficient (Wildman–Crippen LogP) is 4.54. The molecular weight excluding hydrogens is 482 g/mol. The van der Waals surface area contributed by atoms with Crippen molar-refractivity contribution in [1.82, 2.24) is 15.6 Å². The molecular formula is C22H24FIN4O. The molecule has 0 saturated heterocycles. The Labute approximate surface area is 187 Å². The number of halogens is 2. The molecule has 0 unspecified atom stereocenters. The average molecular weight is 506 g/mol. The minimum Gasteiger partial charge on any atom is -0.439 e. The van der Waals surface area contributed by atoms with Crippen LogP contribution in [0.1, 0.15) is 11.1 Å². The van der Waals surface area contributed by atoms with E-state index in [1.807, 2.05) is 24.3 Å². The second-order valence-electron chi connectivity index (χ2n) is 6.15. The standard InChI is InChI=1S/C22H23FN4O.HI/c1-24-22(25-13-12-17-6-3-2-4-7-17)27-16-18-10-11-21(26-15-18)28-20-9-5-8-19(23)14-20;/h2-11,14-15H,12-13,16H2,1H3,(H2,24,25,27);1H. The van der Waals surface area contributed by atoms with Crippen molar-refractivity contribution in [3.05, 3.63) is 89.9 Å². The van der Waals surface area contributed by atoms with Gasteiger partial charge < -0.3 is 15.4 Å². The minimum absolute atomic E-state index is 0. The van der Waals surface area contributed by atoms with Crippen LogP contribution in [0.2, 0.25) is 0 Å². The van der Waals surface area contributed by atoms with E-state index in [0.29, 0.717) is 18.2 Å². The van der Waals surface area contributed by atoms with Gasteiger partial charge >= 0.3 is 0 Å². The van der Waals surface area contributed by atoms with Gasteiger partial charge in [0, 0.05) is 38.5 Å². The van der Waals surface area contributed by atoms with Crippen LogP contribution < -0.4 is 15.4 Å². The second kappa shape index (κ2) is 12.0. The summed E-state index contributed by atoms with van der Waals surface area (Å²) in [5.74, 6) is 1.22. The molecule has 3 rings (SSSR count). The fourth-order valence-corrected chi connectivity index (χ4v) is 2.60. The van der Waals surface area contributed by atoms with Crippen molar-refractivity contribution in [2.45, 2.75) is 13.0 Å². The van der Waals surface area contributed by atoms with Crippen LogP contribution in [0.4, 0.5) is 4.39 Å². The van der Waals surface area contributed by atoms with Gasteiger partial charge in [-0.2, -0.15) is 0 Å². The fourth-order valence-electron chi connectivity index (χ4n) is 2.60. The van der Waals surface area contributed by atoms with Gasteiger partial charge in [-0.15, -0.1) is 24.0 Å². The van der Waals surface area contributed by atoms with Gasteiger partial charge in [-0.25, -0.2) is 9.37 Å². The summed E-state index contributed by atoms with van der Waals surface area (Å²) in [5, 5.41) is 6.55. The highest BCUT2D eigenvalue weighted by molar-refractivity contribution is 14.0. The lowest BCUT2D eigenvalue weighted by Gasteiger charge is -2.12. The molecule has 0 bridgehead atoms. The smallest absolute Gasteiger partial charge is 0.219 e. The third-order valence-electron chi connectivity index (χ3n) is 4.05. The first-order valence-corrected chi connectivity index (χ1v) is 9.10. The number of hydrogen-bond acceptors (Lipinski definition) is 3. The Kier molecular flexibility index (Phi) is 9.36. The third kappa shape index (κ3) is 7.69. The lowest BCUT2D eigenvalue weighted by atomic mass is 10.1. The molecule has 5 nitrogen and oxygen atoms in total. The lowest BCUT2D eigenvalue weighted by molar-refractivity contribution is 0.457. The number of aliphatic imine (C=N–C) groups is 1. The molecule has 0 amide bonds. The van der Waals surface area contributed by atoms with Gasteiger partial charge in [-0.1, -0.05) is 42.5 Å². The van der Waals surface area contributed by atoms with Crippen molar-refractivity contribution >= 4 is 29.9 Å². The monoisotopic (exact) mass is 506 g/mol. The molecule has 152 valence electrons. The van der Waals surface area contributed by atoms with Gasteiger partial charge in [0.1, 0.15) is 11.6 Å². The summed E-state index contributed by atoms with van der Waals surface area (Å²) in [7, 11) is 1.74. The van der Waals surface area contributed by atoms with Gasteiger partial charge in [-0.05, 0) is 29.7 Å². The summed E-state index contributed by atoms with van der Waals surface area (Å²) in [4.78, 5) is 8.49. The number of guanidine groups is 1. The molecule has 0 spiro atoms. The highest BCUT2D eigenvalue weighted by atomic mass is 127. The maximum absolute atomic E-state index is 13.2. The zero-order valence-corrected chi connectivity index (χ0v) is 18.5. The van der Waals surface area contributed by atoms with E-state index < -0.39 is 0 Å². The number of rotatable bonds is 7. The van der Waals surface area contributed by atoms with Crippen LogP contribution in [-0.2, 0) is 13.0 Å². The van der Waals surface area contributed by atoms with Crippen LogP contribution in [0, 0.1) is 5.82 Å². The first-order chi connectivity index (χ1) is 13.7. The van der Waals surface area contributed by atoms with Crippen LogP contribution in [0.15, 0.2) is 77.9 Å². The molecule has 1 heterocycles. The highest BCUT2D eigenvalue weighted by Crippen LogP contribution is 2.19. The van der Waals surface area contributed by atoms with Crippen LogP contribution in [0.5, 0.6) is 11.6 Å². The topological polar surface area (TPSA) is 58.5 Å². The van der Waals surface area contributed by atoms with Gasteiger partial charge in [0.2, 0.25) is 5.88 Å². The van der Waals surface area contributed by atoms with Crippen molar-refractivity contribution in [2.75, 3.05) is 13.6 Å². The van der Waals surface area contributed by atoms with E-state index >= 15 is 0 Å². The van der Waals surface area contributed by atoms with Gasteiger partial charge in [0.25, 0.3) is 0 Å². The highest BCUT2D eigenvalue weighted by Gasteiger charge is 2.02. The maximum atomic E-state index is 13.2. The molecule has 0 aliphatic rings. The van der Waals surface area contributed by atoms with E-state index in [2.05, 4.69) is 32.7 Å². The van der Waals surface area contributed by atoms with Crippen molar-refractivity contribution in [1.29, 1.82) is 0 Å². The summed E-state index contributed by atoms with van der Waals surface area (Å²) >= 11 is 0. The van der Waals surface area contributed by atoms with E-state index in [9.17, 15) is 4.39 Å². The van der Waals surface area contributed by atoms with E-state index in [1.165, 1.54) is 17.7 Å². The van der Waals surface area contributed by atoms with Crippen LogP contribution in [0.25, 0.3) is 0 Å². The predicted molar refractivity (Wildman–Crippen MR) is 124 cm³/mol. The van der Waals surface area contributed by atoms with Crippen LogP contribution in [0.3, 0.4) is 0 Å². The lowest BCUT2D eigenvalue weighted by Crippen LogP contribution is -2.37. The van der Waals surface area contributed by atoms with Crippen molar-refractivity contribution < 1.29 is 9.13 Å². The summed E-state index contributed by atoms with van der Waals surface area (Å²) in [6.45, 7) is 1.38. The number of nitrogens with one attached hydrogen (secondary N) is 2. The van der Waals surface area contributed by atoms with Crippen molar-refractivity contribution in [2.24, 2.45) is 4.99 Å². The number of benzene rings is 2. The number of pyridine rings is 1. The Balaban J connectivity index is 0.00000300. The van der Waals surface area contributed by atoms with Gasteiger partial charge in [0.15, 0.2) is 5.96 Å². The Morgan fingerprint density at radius 2 is 1.83 bits per heavy atom. The number of hydrogen-bond donors (Lipinski definition) is 2. The molecule has 0 saturated carbocycles. The summed E-state index contributed by atoms with van der Waals surface area (Å²) < 4.78 is 18.8. The Bertz CT molecular complexity index is 904. The molecule has 0 aliphatic heterocycles. The van der Waals surface area contributed by atoms with Crippen molar-refractivity contribution in [3.63, 3.8) is 0 Å². The zero-order valence-electron chi connectivity index (χ0n) is 16.1. The molecule has 29 heavy (non-hydrogen) atoms. The molecule has 7 heteroatoms. The quantitative estimate of drug-likeness (QED) is 0.281. The second-order valence-corrected chi connectivity index (χ2v) is 6.15. The summed E-state index contributed by atoms with van der Waals surface area (Å²) in [6, 6.07) is 19.9. The molecule has 3 aromatic rings. The van der Waals surface area contributed by atoms with Gasteiger partial charge in [-0.3, -0.25) is 4.99 Å². The average Bonchev–Trinajstić information content (AvgIpc) is 2.72. The molecule has 2 N–H and O–H groups in total. The summed E-state index contributed by atoms with van der Waals surface area (Å²) in [6.07, 6.45) is 2.65. The zero-order chi connectivity index (χ0) is 19.6. The summed E-state index contributed by atoms with van der Waals surface area (Å²) in [5.41, 5.74) is 2.26. The Hall–Kier alpha value is -2.68. The largest absolute Gasteiger partial charge is 0.439 e. The third-order valence-corrected chi connectivity index (χ3v) is 4.05. The van der Waals surface area contributed by atoms with Crippen LogP contribution in [-0.4, -0.2) is 24.5 Å². The maximum Gasteiger partial charge on any atom is 0.219 e. The molecule has 2 aromatic carbocycles. The normalized spacial score (nSPS) is 10.8. The molecule has 0 atom stereocenters. The number of nitrogens with zero attached hydrogens (tertiary/aromatic N) is 2. The SMILES string of the molecule is CN=C(NCCc1ccccc1)NCc1ccc(Oc2cccc(F)c2)nc1.I. The van der Waals surface area contributed by atoms with Crippen LogP contribution >= 0.6 is 24.0 Å². The first kappa shape index (κ1) is 22.6. The van der Waals surface area contributed by atoms with Crippen molar-refractivity contribution in [3.8, 4) is 11.6 Å². The first-order valence-electron chi connectivity index (χ1n) is 9.10.